The van der Waals surface area contributed by atoms with Crippen LogP contribution in [0.15, 0.2) is 36.5 Å². The number of thiazole rings is 1. The van der Waals surface area contributed by atoms with E-state index in [4.69, 9.17) is 5.73 Å². The molecule has 1 aliphatic heterocycles. The van der Waals surface area contributed by atoms with Gasteiger partial charge < -0.3 is 10.6 Å². The fraction of sp³-hybridized carbons (Fsp3) is 0.308. The number of nitrogens with zero attached hydrogens (tertiary/aromatic N) is 2. The summed E-state index contributed by atoms with van der Waals surface area (Å²) >= 11 is 1.58. The topological polar surface area (TPSA) is 42.1 Å². The third-order valence-corrected chi connectivity index (χ3v) is 4.06. The molecule has 17 heavy (non-hydrogen) atoms. The maximum Gasteiger partial charge on any atom is 0.187 e. The maximum absolute atomic E-state index is 5.76. The minimum atomic E-state index is 0.460. The third-order valence-electron chi connectivity index (χ3n) is 3.19. The average molecular weight is 245 g/mol. The number of aromatic nitrogens is 1. The second-order valence-corrected chi connectivity index (χ2v) is 5.35. The van der Waals surface area contributed by atoms with E-state index in [1.165, 1.54) is 18.4 Å². The van der Waals surface area contributed by atoms with E-state index in [-0.39, 0.29) is 0 Å². The van der Waals surface area contributed by atoms with Gasteiger partial charge in [-0.2, -0.15) is 0 Å². The van der Waals surface area contributed by atoms with Gasteiger partial charge in [0, 0.05) is 6.54 Å². The number of rotatable bonds is 2. The Morgan fingerprint density at radius 2 is 2.12 bits per heavy atom. The van der Waals surface area contributed by atoms with E-state index in [0.29, 0.717) is 6.04 Å². The molecule has 2 aromatic rings. The molecular formula is C13H15N3S. The van der Waals surface area contributed by atoms with Crippen molar-refractivity contribution in [1.82, 2.24) is 4.98 Å². The quantitative estimate of drug-likeness (QED) is 0.884. The van der Waals surface area contributed by atoms with Crippen LogP contribution in [-0.4, -0.2) is 11.5 Å². The molecule has 1 saturated heterocycles. The summed E-state index contributed by atoms with van der Waals surface area (Å²) < 4.78 is 0. The summed E-state index contributed by atoms with van der Waals surface area (Å²) in [5.74, 6) is 0. The van der Waals surface area contributed by atoms with Gasteiger partial charge in [0.1, 0.15) is 5.00 Å². The molecule has 1 aliphatic rings. The molecule has 0 spiro atoms. The van der Waals surface area contributed by atoms with Crippen molar-refractivity contribution >= 4 is 21.5 Å². The normalized spacial score (nSPS) is 19.8. The minimum Gasteiger partial charge on any atom is -0.389 e. The van der Waals surface area contributed by atoms with E-state index in [1.54, 1.807) is 17.5 Å². The molecule has 3 rings (SSSR count). The van der Waals surface area contributed by atoms with Gasteiger partial charge in [-0.05, 0) is 18.4 Å². The van der Waals surface area contributed by atoms with E-state index < -0.39 is 0 Å². The lowest BCUT2D eigenvalue weighted by Crippen LogP contribution is -2.22. The SMILES string of the molecule is Nc1cnc(N2CCCC2c2ccccc2)s1. The van der Waals surface area contributed by atoms with Crippen LogP contribution >= 0.6 is 11.3 Å². The summed E-state index contributed by atoms with van der Waals surface area (Å²) in [5.41, 5.74) is 7.13. The van der Waals surface area contributed by atoms with E-state index in [9.17, 15) is 0 Å². The van der Waals surface area contributed by atoms with Crippen molar-refractivity contribution in [3.05, 3.63) is 42.1 Å². The van der Waals surface area contributed by atoms with Gasteiger partial charge in [0.15, 0.2) is 5.13 Å². The molecule has 1 aromatic carbocycles. The molecular weight excluding hydrogens is 230 g/mol. The second-order valence-electron chi connectivity index (χ2n) is 4.31. The molecule has 88 valence electrons. The standard InChI is InChI=1S/C13H15N3S/c14-12-9-15-13(17-12)16-8-4-7-11(16)10-5-2-1-3-6-10/h1-3,5-6,9,11H,4,7-8,14H2. The number of hydrogen-bond donors (Lipinski definition) is 1. The number of benzene rings is 1. The molecule has 1 fully saturated rings. The molecule has 0 saturated carbocycles. The molecule has 0 bridgehead atoms. The highest BCUT2D eigenvalue weighted by molar-refractivity contribution is 7.19. The average Bonchev–Trinajstić information content (AvgIpc) is 2.98. The van der Waals surface area contributed by atoms with Crippen LogP contribution in [0, 0.1) is 0 Å². The van der Waals surface area contributed by atoms with Crippen LogP contribution in [0.25, 0.3) is 0 Å². The van der Waals surface area contributed by atoms with Crippen LogP contribution < -0.4 is 10.6 Å². The highest BCUT2D eigenvalue weighted by atomic mass is 32.1. The molecule has 0 amide bonds. The Kier molecular flexibility index (Phi) is 2.73. The van der Waals surface area contributed by atoms with Crippen LogP contribution in [-0.2, 0) is 0 Å². The van der Waals surface area contributed by atoms with Crippen LogP contribution in [0.4, 0.5) is 10.1 Å². The van der Waals surface area contributed by atoms with Crippen molar-refractivity contribution in [2.45, 2.75) is 18.9 Å². The van der Waals surface area contributed by atoms with Crippen molar-refractivity contribution in [2.75, 3.05) is 17.2 Å². The first-order valence-corrected chi connectivity index (χ1v) is 6.69. The van der Waals surface area contributed by atoms with Crippen molar-refractivity contribution in [1.29, 1.82) is 0 Å². The van der Waals surface area contributed by atoms with Gasteiger partial charge in [0.05, 0.1) is 12.2 Å². The first-order chi connectivity index (χ1) is 8.34. The molecule has 3 nitrogen and oxygen atoms in total. The predicted octanol–water partition coefficient (Wildman–Crippen LogP) is 3.07. The lowest BCUT2D eigenvalue weighted by molar-refractivity contribution is 0.717. The first kappa shape index (κ1) is 10.6. The predicted molar refractivity (Wildman–Crippen MR) is 72.3 cm³/mol. The number of nitrogens with two attached hydrogens (primary N) is 1. The van der Waals surface area contributed by atoms with Crippen LogP contribution in [0.1, 0.15) is 24.4 Å². The lowest BCUT2D eigenvalue weighted by Gasteiger charge is -2.24. The Hall–Kier alpha value is -1.55. The molecule has 0 aliphatic carbocycles. The molecule has 2 heterocycles. The molecule has 1 aromatic heterocycles. The van der Waals surface area contributed by atoms with E-state index >= 15 is 0 Å². The van der Waals surface area contributed by atoms with Crippen molar-refractivity contribution in [2.24, 2.45) is 0 Å². The van der Waals surface area contributed by atoms with Crippen molar-refractivity contribution < 1.29 is 0 Å². The van der Waals surface area contributed by atoms with E-state index in [1.807, 2.05) is 0 Å². The van der Waals surface area contributed by atoms with Gasteiger partial charge in [-0.25, -0.2) is 4.98 Å². The number of nitrogen functional groups attached to an aromatic ring is 1. The fourth-order valence-electron chi connectivity index (χ4n) is 2.43. The van der Waals surface area contributed by atoms with Crippen LogP contribution in [0.3, 0.4) is 0 Å². The molecule has 1 atom stereocenters. The molecule has 2 N–H and O–H groups in total. The molecule has 4 heteroatoms. The zero-order valence-electron chi connectivity index (χ0n) is 9.54. The Morgan fingerprint density at radius 1 is 1.29 bits per heavy atom. The van der Waals surface area contributed by atoms with Crippen molar-refractivity contribution in [3.63, 3.8) is 0 Å². The van der Waals surface area contributed by atoms with Gasteiger partial charge in [0.25, 0.3) is 0 Å². The number of anilines is 2. The zero-order chi connectivity index (χ0) is 11.7. The summed E-state index contributed by atoms with van der Waals surface area (Å²) in [6.07, 6.45) is 4.17. The Morgan fingerprint density at radius 3 is 2.82 bits per heavy atom. The monoisotopic (exact) mass is 245 g/mol. The van der Waals surface area contributed by atoms with Crippen LogP contribution in [0.2, 0.25) is 0 Å². The van der Waals surface area contributed by atoms with Gasteiger partial charge in [-0.1, -0.05) is 41.7 Å². The van der Waals surface area contributed by atoms with Gasteiger partial charge in [-0.15, -0.1) is 0 Å². The van der Waals surface area contributed by atoms with E-state index in [2.05, 4.69) is 40.2 Å². The Bertz CT molecular complexity index is 494. The molecule has 0 radical (unpaired) electrons. The third kappa shape index (κ3) is 2.00. The first-order valence-electron chi connectivity index (χ1n) is 5.87. The second kappa shape index (κ2) is 4.37. The molecule has 1 unspecified atom stereocenters. The summed E-state index contributed by atoms with van der Waals surface area (Å²) in [4.78, 5) is 6.76. The Balaban J connectivity index is 1.90. The highest BCUT2D eigenvalue weighted by Gasteiger charge is 2.27. The van der Waals surface area contributed by atoms with E-state index in [0.717, 1.165) is 16.7 Å². The Labute approximate surface area is 105 Å². The zero-order valence-corrected chi connectivity index (χ0v) is 10.4. The van der Waals surface area contributed by atoms with Gasteiger partial charge in [-0.3, -0.25) is 0 Å². The largest absolute Gasteiger partial charge is 0.389 e. The maximum atomic E-state index is 5.76. The fourth-order valence-corrected chi connectivity index (χ4v) is 3.18. The lowest BCUT2D eigenvalue weighted by atomic mass is 10.1. The summed E-state index contributed by atoms with van der Waals surface area (Å²) in [6, 6.07) is 11.1. The minimum absolute atomic E-state index is 0.460. The summed E-state index contributed by atoms with van der Waals surface area (Å²) in [6.45, 7) is 1.08. The smallest absolute Gasteiger partial charge is 0.187 e. The van der Waals surface area contributed by atoms with Gasteiger partial charge >= 0.3 is 0 Å². The highest BCUT2D eigenvalue weighted by Crippen LogP contribution is 2.38. The van der Waals surface area contributed by atoms with Crippen molar-refractivity contribution in [3.8, 4) is 0 Å². The summed E-state index contributed by atoms with van der Waals surface area (Å²) in [7, 11) is 0. The van der Waals surface area contributed by atoms with Crippen LogP contribution in [0.5, 0.6) is 0 Å². The summed E-state index contributed by atoms with van der Waals surface area (Å²) in [5, 5.41) is 1.84. The van der Waals surface area contributed by atoms with Gasteiger partial charge in [0.2, 0.25) is 0 Å². The number of hydrogen-bond acceptors (Lipinski definition) is 4.